The molecule has 0 bridgehead atoms. The Bertz CT molecular complexity index is 378. The van der Waals surface area contributed by atoms with E-state index in [0.717, 1.165) is 24.1 Å². The van der Waals surface area contributed by atoms with E-state index in [4.69, 9.17) is 5.73 Å². The van der Waals surface area contributed by atoms with Gasteiger partial charge in [-0.05, 0) is 49.8 Å². The molecule has 1 fully saturated rings. The molecule has 2 N–H and O–H groups in total. The molecule has 1 aliphatic carbocycles. The highest BCUT2D eigenvalue weighted by atomic mass is 15.1. The standard InChI is InChI=1S/C16H26N2/c1-12-8-13(2)10-15(9-12)18(3)11-14-6-4-5-7-16(14)17/h4-7,12-13,15H,8-11,17H2,1-3H3. The Hall–Kier alpha value is -1.02. The minimum atomic E-state index is 0.711. The van der Waals surface area contributed by atoms with Crippen LogP contribution >= 0.6 is 0 Å². The summed E-state index contributed by atoms with van der Waals surface area (Å²) in [6, 6.07) is 8.93. The van der Waals surface area contributed by atoms with Gasteiger partial charge < -0.3 is 5.73 Å². The lowest BCUT2D eigenvalue weighted by Crippen LogP contribution is -2.37. The maximum Gasteiger partial charge on any atom is 0.0359 e. The molecule has 0 aliphatic heterocycles. The van der Waals surface area contributed by atoms with Gasteiger partial charge in [0.15, 0.2) is 0 Å². The van der Waals surface area contributed by atoms with Crippen molar-refractivity contribution in [2.24, 2.45) is 11.8 Å². The van der Waals surface area contributed by atoms with Gasteiger partial charge in [0.1, 0.15) is 0 Å². The maximum atomic E-state index is 6.03. The Morgan fingerprint density at radius 2 is 1.72 bits per heavy atom. The largest absolute Gasteiger partial charge is 0.398 e. The third kappa shape index (κ3) is 3.26. The monoisotopic (exact) mass is 246 g/mol. The van der Waals surface area contributed by atoms with Crippen LogP contribution in [0.5, 0.6) is 0 Å². The number of hydrogen-bond donors (Lipinski definition) is 1. The smallest absolute Gasteiger partial charge is 0.0359 e. The van der Waals surface area contributed by atoms with Crippen molar-refractivity contribution in [3.8, 4) is 0 Å². The fraction of sp³-hybridized carbons (Fsp3) is 0.625. The second-order valence-electron chi connectivity index (χ2n) is 6.19. The number of anilines is 1. The van der Waals surface area contributed by atoms with Crippen LogP contribution in [0, 0.1) is 11.8 Å². The van der Waals surface area contributed by atoms with Crippen molar-refractivity contribution >= 4 is 5.69 Å². The van der Waals surface area contributed by atoms with E-state index in [0.29, 0.717) is 6.04 Å². The van der Waals surface area contributed by atoms with E-state index in [1.807, 2.05) is 12.1 Å². The molecular formula is C16H26N2. The van der Waals surface area contributed by atoms with Crippen LogP contribution in [0.25, 0.3) is 0 Å². The average Bonchev–Trinajstić information content (AvgIpc) is 2.31. The van der Waals surface area contributed by atoms with Gasteiger partial charge in [0.2, 0.25) is 0 Å². The molecule has 1 saturated carbocycles. The number of benzene rings is 1. The number of nitrogens with two attached hydrogens (primary N) is 1. The summed E-state index contributed by atoms with van der Waals surface area (Å²) in [7, 11) is 2.24. The summed E-state index contributed by atoms with van der Waals surface area (Å²) in [5.41, 5.74) is 8.20. The Balaban J connectivity index is 1.99. The Kier molecular flexibility index (Phi) is 4.28. The second kappa shape index (κ2) is 5.75. The summed E-state index contributed by atoms with van der Waals surface area (Å²) in [6.45, 7) is 5.73. The van der Waals surface area contributed by atoms with Crippen molar-refractivity contribution in [3.63, 3.8) is 0 Å². The van der Waals surface area contributed by atoms with Crippen LogP contribution in [0.2, 0.25) is 0 Å². The minimum Gasteiger partial charge on any atom is -0.398 e. The molecule has 2 unspecified atom stereocenters. The third-order valence-corrected chi connectivity index (χ3v) is 4.25. The van der Waals surface area contributed by atoms with Crippen LogP contribution in [0.1, 0.15) is 38.7 Å². The first-order valence-electron chi connectivity index (χ1n) is 7.10. The summed E-state index contributed by atoms with van der Waals surface area (Å²) in [4.78, 5) is 2.48. The first kappa shape index (κ1) is 13.4. The van der Waals surface area contributed by atoms with Crippen LogP contribution in [-0.2, 0) is 6.54 Å². The first-order chi connectivity index (χ1) is 8.56. The molecule has 0 amide bonds. The molecule has 0 spiro atoms. The van der Waals surface area contributed by atoms with Crippen LogP contribution in [-0.4, -0.2) is 18.0 Å². The van der Waals surface area contributed by atoms with E-state index >= 15 is 0 Å². The molecule has 0 aromatic heterocycles. The summed E-state index contributed by atoms with van der Waals surface area (Å²) >= 11 is 0. The van der Waals surface area contributed by atoms with Crippen molar-refractivity contribution in [1.29, 1.82) is 0 Å². The molecule has 2 heteroatoms. The molecular weight excluding hydrogens is 220 g/mol. The second-order valence-corrected chi connectivity index (χ2v) is 6.19. The van der Waals surface area contributed by atoms with Crippen LogP contribution in [0.3, 0.4) is 0 Å². The molecule has 0 saturated heterocycles. The molecule has 0 radical (unpaired) electrons. The molecule has 18 heavy (non-hydrogen) atoms. The number of nitrogen functional groups attached to an aromatic ring is 1. The zero-order chi connectivity index (χ0) is 13.1. The highest BCUT2D eigenvalue weighted by Crippen LogP contribution is 2.31. The zero-order valence-corrected chi connectivity index (χ0v) is 11.9. The number of para-hydroxylation sites is 1. The SMILES string of the molecule is CC1CC(C)CC(N(C)Cc2ccccc2N)C1. The fourth-order valence-corrected chi connectivity index (χ4v) is 3.34. The predicted octanol–water partition coefficient (Wildman–Crippen LogP) is 3.53. The summed E-state index contributed by atoms with van der Waals surface area (Å²) in [5, 5.41) is 0. The molecule has 1 aromatic carbocycles. The van der Waals surface area contributed by atoms with Gasteiger partial charge >= 0.3 is 0 Å². The molecule has 2 nitrogen and oxygen atoms in total. The van der Waals surface area contributed by atoms with Crippen LogP contribution in [0.15, 0.2) is 24.3 Å². The number of hydrogen-bond acceptors (Lipinski definition) is 2. The molecule has 100 valence electrons. The minimum absolute atomic E-state index is 0.711. The normalized spacial score (nSPS) is 28.6. The van der Waals surface area contributed by atoms with E-state index in [9.17, 15) is 0 Å². The van der Waals surface area contributed by atoms with Crippen LogP contribution < -0.4 is 5.73 Å². The fourth-order valence-electron chi connectivity index (χ4n) is 3.34. The summed E-state index contributed by atoms with van der Waals surface area (Å²) < 4.78 is 0. The molecule has 2 atom stereocenters. The van der Waals surface area contributed by atoms with E-state index in [1.165, 1.54) is 24.8 Å². The summed E-state index contributed by atoms with van der Waals surface area (Å²) in [5.74, 6) is 1.71. The number of rotatable bonds is 3. The lowest BCUT2D eigenvalue weighted by atomic mass is 9.80. The van der Waals surface area contributed by atoms with E-state index < -0.39 is 0 Å². The van der Waals surface area contributed by atoms with E-state index in [2.05, 4.69) is 37.9 Å². The average molecular weight is 246 g/mol. The Morgan fingerprint density at radius 1 is 1.11 bits per heavy atom. The first-order valence-corrected chi connectivity index (χ1v) is 7.10. The summed E-state index contributed by atoms with van der Waals surface area (Å²) in [6.07, 6.45) is 4.04. The van der Waals surface area contributed by atoms with Gasteiger partial charge in [-0.3, -0.25) is 4.90 Å². The lowest BCUT2D eigenvalue weighted by molar-refractivity contribution is 0.128. The Labute approximate surface area is 111 Å². The lowest BCUT2D eigenvalue weighted by Gasteiger charge is -2.37. The van der Waals surface area contributed by atoms with Gasteiger partial charge in [-0.25, -0.2) is 0 Å². The van der Waals surface area contributed by atoms with Gasteiger partial charge in [0.25, 0.3) is 0 Å². The molecule has 0 heterocycles. The molecule has 1 aromatic rings. The van der Waals surface area contributed by atoms with Crippen LogP contribution in [0.4, 0.5) is 5.69 Å². The number of nitrogens with zero attached hydrogens (tertiary/aromatic N) is 1. The highest BCUT2D eigenvalue weighted by Gasteiger charge is 2.26. The topological polar surface area (TPSA) is 29.3 Å². The van der Waals surface area contributed by atoms with Crippen molar-refractivity contribution in [1.82, 2.24) is 4.90 Å². The van der Waals surface area contributed by atoms with Crippen molar-refractivity contribution < 1.29 is 0 Å². The molecule has 1 aliphatic rings. The van der Waals surface area contributed by atoms with Crippen molar-refractivity contribution in [2.75, 3.05) is 12.8 Å². The van der Waals surface area contributed by atoms with E-state index in [1.54, 1.807) is 0 Å². The van der Waals surface area contributed by atoms with E-state index in [-0.39, 0.29) is 0 Å². The maximum absolute atomic E-state index is 6.03. The zero-order valence-electron chi connectivity index (χ0n) is 11.9. The molecule has 2 rings (SSSR count). The van der Waals surface area contributed by atoms with Crippen molar-refractivity contribution in [2.45, 2.75) is 45.7 Å². The van der Waals surface area contributed by atoms with Gasteiger partial charge in [-0.1, -0.05) is 32.0 Å². The third-order valence-electron chi connectivity index (χ3n) is 4.25. The van der Waals surface area contributed by atoms with Gasteiger partial charge in [0.05, 0.1) is 0 Å². The van der Waals surface area contributed by atoms with Gasteiger partial charge in [-0.2, -0.15) is 0 Å². The predicted molar refractivity (Wildman–Crippen MR) is 78.3 cm³/mol. The quantitative estimate of drug-likeness (QED) is 0.827. The Morgan fingerprint density at radius 3 is 2.33 bits per heavy atom. The highest BCUT2D eigenvalue weighted by molar-refractivity contribution is 5.46. The van der Waals surface area contributed by atoms with Gasteiger partial charge in [-0.15, -0.1) is 0 Å². The van der Waals surface area contributed by atoms with Gasteiger partial charge in [0, 0.05) is 18.3 Å². The van der Waals surface area contributed by atoms with Crippen molar-refractivity contribution in [3.05, 3.63) is 29.8 Å².